The number of nitrogen functional groups attached to an aromatic ring is 1. The highest BCUT2D eigenvalue weighted by Gasteiger charge is 2.44. The van der Waals surface area contributed by atoms with Gasteiger partial charge in [-0.1, -0.05) is 59.7 Å². The normalized spacial score (nSPS) is 14.8. The van der Waals surface area contributed by atoms with Gasteiger partial charge < -0.3 is 25.9 Å². The SMILES string of the molecule is CC(C)(C)C(O[Si](C)(C)C(C)(C)C)[C@H](CNC(=O)O)Nc1c(N)cnc2ccccc12. The number of para-hydroxylation sites is 1. The molecule has 2 aromatic rings. The molecule has 1 heterocycles. The first-order chi connectivity index (χ1) is 14.1. The molecule has 0 aliphatic rings. The second kappa shape index (κ2) is 9.04. The molecule has 1 aromatic carbocycles. The smallest absolute Gasteiger partial charge is 0.404 e. The van der Waals surface area contributed by atoms with Crippen LogP contribution in [-0.2, 0) is 4.43 Å². The predicted octanol–water partition coefficient (Wildman–Crippen LogP) is 5.30. The maximum Gasteiger partial charge on any atom is 0.404 e. The largest absolute Gasteiger partial charge is 0.465 e. The van der Waals surface area contributed by atoms with Crippen LogP contribution in [0.1, 0.15) is 41.5 Å². The van der Waals surface area contributed by atoms with Crippen LogP contribution in [0.4, 0.5) is 16.2 Å². The number of nitrogens with zero attached hydrogens (tertiary/aromatic N) is 1. The Morgan fingerprint density at radius 1 is 1.19 bits per heavy atom. The monoisotopic (exact) mass is 446 g/mol. The number of nitrogens with two attached hydrogens (primary N) is 1. The Morgan fingerprint density at radius 2 is 1.81 bits per heavy atom. The summed E-state index contributed by atoms with van der Waals surface area (Å²) in [4.78, 5) is 15.8. The molecule has 5 N–H and O–H groups in total. The van der Waals surface area contributed by atoms with Crippen molar-refractivity contribution in [1.82, 2.24) is 10.3 Å². The average molecular weight is 447 g/mol. The number of rotatable bonds is 7. The van der Waals surface area contributed by atoms with Crippen molar-refractivity contribution >= 4 is 36.7 Å². The lowest BCUT2D eigenvalue weighted by atomic mass is 9.84. The summed E-state index contributed by atoms with van der Waals surface area (Å²) in [5.74, 6) is 0. The molecule has 2 rings (SSSR count). The van der Waals surface area contributed by atoms with Gasteiger partial charge in [-0.25, -0.2) is 4.79 Å². The molecule has 0 saturated carbocycles. The van der Waals surface area contributed by atoms with Gasteiger partial charge in [0.1, 0.15) is 0 Å². The lowest BCUT2D eigenvalue weighted by Crippen LogP contribution is -2.56. The lowest BCUT2D eigenvalue weighted by molar-refractivity contribution is 0.0561. The van der Waals surface area contributed by atoms with Gasteiger partial charge in [-0.05, 0) is 29.6 Å². The van der Waals surface area contributed by atoms with Crippen LogP contribution >= 0.6 is 0 Å². The zero-order valence-electron chi connectivity index (χ0n) is 20.0. The maximum atomic E-state index is 11.3. The van der Waals surface area contributed by atoms with Crippen molar-refractivity contribution in [1.29, 1.82) is 0 Å². The third kappa shape index (κ3) is 6.10. The molecule has 31 heavy (non-hydrogen) atoms. The third-order valence-electron chi connectivity index (χ3n) is 6.05. The molecule has 172 valence electrons. The standard InChI is InChI=1S/C23H38N4O3Si/c1-22(2,3)20(30-31(7,8)23(4,5)6)18(14-26-21(28)29)27-19-15-11-9-10-12-17(15)25-13-16(19)24/h9-13,18,20,26H,14,24H2,1-8H3,(H,25,27)(H,28,29)/t18-,20?/m0/s1. The van der Waals surface area contributed by atoms with E-state index in [0.717, 1.165) is 16.6 Å². The second-order valence-electron chi connectivity index (χ2n) is 10.7. The molecule has 0 aliphatic heterocycles. The molecule has 0 radical (unpaired) electrons. The van der Waals surface area contributed by atoms with Crippen LogP contribution in [0.25, 0.3) is 10.9 Å². The first-order valence-corrected chi connectivity index (χ1v) is 13.6. The molecule has 2 atom stereocenters. The molecular formula is C23H38N4O3Si. The summed E-state index contributed by atoms with van der Waals surface area (Å²) in [6, 6.07) is 7.42. The molecule has 8 heteroatoms. The van der Waals surface area contributed by atoms with Crippen molar-refractivity contribution in [2.45, 2.75) is 71.8 Å². The van der Waals surface area contributed by atoms with Crippen LogP contribution in [0.2, 0.25) is 18.1 Å². The zero-order chi connectivity index (χ0) is 23.6. The van der Waals surface area contributed by atoms with Crippen LogP contribution in [0.3, 0.4) is 0 Å². The van der Waals surface area contributed by atoms with Gasteiger partial charge in [0, 0.05) is 11.9 Å². The van der Waals surface area contributed by atoms with Gasteiger partial charge in [-0.3, -0.25) is 4.98 Å². The molecule has 1 aromatic heterocycles. The summed E-state index contributed by atoms with van der Waals surface area (Å²) in [6.45, 7) is 17.6. The highest BCUT2D eigenvalue weighted by Crippen LogP contribution is 2.41. The Kier molecular flexibility index (Phi) is 7.27. The van der Waals surface area contributed by atoms with Crippen molar-refractivity contribution < 1.29 is 14.3 Å². The highest BCUT2D eigenvalue weighted by atomic mass is 28.4. The molecule has 1 unspecified atom stereocenters. The molecule has 0 saturated heterocycles. The minimum absolute atomic E-state index is 0.0175. The molecule has 7 nitrogen and oxygen atoms in total. The van der Waals surface area contributed by atoms with Crippen molar-refractivity contribution in [3.63, 3.8) is 0 Å². The average Bonchev–Trinajstić information content (AvgIpc) is 2.63. The van der Waals surface area contributed by atoms with Gasteiger partial charge >= 0.3 is 6.09 Å². The fraction of sp³-hybridized carbons (Fsp3) is 0.565. The summed E-state index contributed by atoms with van der Waals surface area (Å²) in [5, 5.41) is 16.3. The Morgan fingerprint density at radius 3 is 2.35 bits per heavy atom. The van der Waals surface area contributed by atoms with Gasteiger partial charge in [0.15, 0.2) is 8.32 Å². The van der Waals surface area contributed by atoms with E-state index < -0.39 is 14.4 Å². The first-order valence-electron chi connectivity index (χ1n) is 10.7. The van der Waals surface area contributed by atoms with Crippen LogP contribution in [-0.4, -0.2) is 43.2 Å². The minimum Gasteiger partial charge on any atom is -0.465 e. The number of pyridine rings is 1. The van der Waals surface area contributed by atoms with Gasteiger partial charge in [0.25, 0.3) is 0 Å². The fourth-order valence-corrected chi connectivity index (χ4v) is 4.80. The summed E-state index contributed by atoms with van der Waals surface area (Å²) in [6.07, 6.45) is 0.304. The number of nitrogens with one attached hydrogen (secondary N) is 2. The molecule has 0 aliphatic carbocycles. The number of hydrogen-bond donors (Lipinski definition) is 4. The van der Waals surface area contributed by atoms with Gasteiger partial charge in [-0.2, -0.15) is 0 Å². The Hall–Kier alpha value is -2.32. The van der Waals surface area contributed by atoms with Gasteiger partial charge in [0.05, 0.1) is 35.2 Å². The Balaban J connectivity index is 2.53. The number of amides is 1. The minimum atomic E-state index is -2.14. The molecule has 0 bridgehead atoms. The van der Waals surface area contributed by atoms with E-state index in [1.54, 1.807) is 6.20 Å². The number of fused-ring (bicyclic) bond motifs is 1. The second-order valence-corrected chi connectivity index (χ2v) is 15.5. The Bertz CT molecular complexity index is 919. The molecule has 1 amide bonds. The topological polar surface area (TPSA) is 110 Å². The molecule has 0 spiro atoms. The van der Waals surface area contributed by atoms with Gasteiger partial charge in [0.2, 0.25) is 0 Å². The van der Waals surface area contributed by atoms with Crippen molar-refractivity contribution in [3.8, 4) is 0 Å². The number of benzene rings is 1. The van der Waals surface area contributed by atoms with E-state index in [1.165, 1.54) is 0 Å². The van der Waals surface area contributed by atoms with E-state index in [0.29, 0.717) is 5.69 Å². The lowest BCUT2D eigenvalue weighted by Gasteiger charge is -2.46. The van der Waals surface area contributed by atoms with Crippen molar-refractivity contribution in [3.05, 3.63) is 30.5 Å². The van der Waals surface area contributed by atoms with E-state index in [-0.39, 0.29) is 29.1 Å². The van der Waals surface area contributed by atoms with E-state index in [1.807, 2.05) is 24.3 Å². The van der Waals surface area contributed by atoms with Crippen LogP contribution in [0.15, 0.2) is 30.5 Å². The number of aromatic nitrogens is 1. The van der Waals surface area contributed by atoms with Crippen molar-refractivity contribution in [2.75, 3.05) is 17.6 Å². The van der Waals surface area contributed by atoms with E-state index in [2.05, 4.69) is 70.3 Å². The number of carboxylic acid groups (broad SMARTS) is 1. The van der Waals surface area contributed by atoms with E-state index in [4.69, 9.17) is 10.2 Å². The fourth-order valence-electron chi connectivity index (χ4n) is 3.29. The quantitative estimate of drug-likeness (QED) is 0.430. The first kappa shape index (κ1) is 24.9. The number of hydrogen-bond acceptors (Lipinski definition) is 5. The maximum absolute atomic E-state index is 11.3. The molecule has 0 fully saturated rings. The summed E-state index contributed by atoms with van der Waals surface area (Å²) in [5.41, 5.74) is 8.14. The van der Waals surface area contributed by atoms with Crippen LogP contribution < -0.4 is 16.4 Å². The highest BCUT2D eigenvalue weighted by molar-refractivity contribution is 6.74. The Labute approximate surface area is 186 Å². The summed E-state index contributed by atoms with van der Waals surface area (Å²) < 4.78 is 6.87. The van der Waals surface area contributed by atoms with Crippen LogP contribution in [0.5, 0.6) is 0 Å². The zero-order valence-corrected chi connectivity index (χ0v) is 21.0. The predicted molar refractivity (Wildman–Crippen MR) is 131 cm³/mol. The van der Waals surface area contributed by atoms with E-state index in [9.17, 15) is 9.90 Å². The van der Waals surface area contributed by atoms with Crippen LogP contribution in [0, 0.1) is 5.41 Å². The number of anilines is 2. The number of carbonyl (C=O) groups is 1. The van der Waals surface area contributed by atoms with E-state index >= 15 is 0 Å². The summed E-state index contributed by atoms with van der Waals surface area (Å²) in [7, 11) is -2.14. The summed E-state index contributed by atoms with van der Waals surface area (Å²) >= 11 is 0. The van der Waals surface area contributed by atoms with Crippen molar-refractivity contribution in [2.24, 2.45) is 5.41 Å². The third-order valence-corrected chi connectivity index (χ3v) is 10.5. The molecular weight excluding hydrogens is 408 g/mol. The van der Waals surface area contributed by atoms with Gasteiger partial charge in [-0.15, -0.1) is 0 Å².